The number of halogens is 1. The molecule has 0 aliphatic carbocycles. The predicted octanol–water partition coefficient (Wildman–Crippen LogP) is 3.46. The second-order valence-electron chi connectivity index (χ2n) is 7.02. The highest BCUT2D eigenvalue weighted by molar-refractivity contribution is 7.89. The average Bonchev–Trinajstić information content (AvgIpc) is 2.59. The first-order valence-corrected chi connectivity index (χ1v) is 10.1. The van der Waals surface area contributed by atoms with Gasteiger partial charge < -0.3 is 10.1 Å². The highest BCUT2D eigenvalue weighted by Crippen LogP contribution is 2.24. The van der Waals surface area contributed by atoms with Crippen LogP contribution in [-0.2, 0) is 14.8 Å². The third-order valence-electron chi connectivity index (χ3n) is 3.49. The van der Waals surface area contributed by atoms with Crippen LogP contribution in [0.4, 0.5) is 5.69 Å². The second kappa shape index (κ2) is 8.30. The molecule has 0 heterocycles. The number of sulfonamides is 1. The number of ether oxygens (including phenoxy) is 1. The number of amides is 1. The van der Waals surface area contributed by atoms with Gasteiger partial charge in [0, 0.05) is 16.8 Å². The van der Waals surface area contributed by atoms with Gasteiger partial charge in [-0.15, -0.1) is 0 Å². The van der Waals surface area contributed by atoms with Gasteiger partial charge in [0.1, 0.15) is 4.90 Å². The number of rotatable bonds is 5. The van der Waals surface area contributed by atoms with E-state index in [2.05, 4.69) is 14.8 Å². The summed E-state index contributed by atoms with van der Waals surface area (Å²) in [6.07, 6.45) is 0. The van der Waals surface area contributed by atoms with Crippen molar-refractivity contribution in [1.29, 1.82) is 0 Å². The highest BCUT2D eigenvalue weighted by atomic mass is 35.5. The minimum atomic E-state index is -3.91. The number of nitrogens with one attached hydrogen (secondary N) is 2. The molecular formula is C19H21ClN2O5S. The summed E-state index contributed by atoms with van der Waals surface area (Å²) in [4.78, 5) is 23.8. The summed E-state index contributed by atoms with van der Waals surface area (Å²) in [7, 11) is -2.63. The lowest BCUT2D eigenvalue weighted by Gasteiger charge is -2.21. The molecule has 0 spiro atoms. The maximum absolute atomic E-state index is 12.6. The molecule has 0 bridgehead atoms. The fraction of sp³-hybridized carbons (Fsp3) is 0.263. The standard InChI is InChI=1S/C19H21ClN2O5S/c1-19(2,3)22-28(25,26)16-11-13(7-10-15(16)20)17(23)21-14-8-5-12(6-9-14)18(24)27-4/h5-11,22H,1-4H3,(H,21,23). The third kappa shape index (κ3) is 5.54. The van der Waals surface area contributed by atoms with E-state index in [0.29, 0.717) is 11.3 Å². The number of esters is 1. The zero-order valence-corrected chi connectivity index (χ0v) is 17.4. The van der Waals surface area contributed by atoms with Gasteiger partial charge in [0.25, 0.3) is 5.91 Å². The van der Waals surface area contributed by atoms with E-state index in [9.17, 15) is 18.0 Å². The van der Waals surface area contributed by atoms with Gasteiger partial charge in [-0.3, -0.25) is 4.79 Å². The number of anilines is 1. The number of methoxy groups -OCH3 is 1. The van der Waals surface area contributed by atoms with E-state index in [4.69, 9.17) is 11.6 Å². The summed E-state index contributed by atoms with van der Waals surface area (Å²) in [5.41, 5.74) is 0.191. The Balaban J connectivity index is 2.26. The Bertz CT molecular complexity index is 996. The zero-order valence-electron chi connectivity index (χ0n) is 15.9. The summed E-state index contributed by atoms with van der Waals surface area (Å²) in [5, 5.41) is 2.65. The van der Waals surface area contributed by atoms with Crippen LogP contribution in [0.25, 0.3) is 0 Å². The molecule has 2 aromatic carbocycles. The Hall–Kier alpha value is -2.42. The topological polar surface area (TPSA) is 102 Å². The van der Waals surface area contributed by atoms with Crippen molar-refractivity contribution in [3.05, 3.63) is 58.6 Å². The fourth-order valence-electron chi connectivity index (χ4n) is 2.32. The summed E-state index contributed by atoms with van der Waals surface area (Å²) >= 11 is 6.04. The Morgan fingerprint density at radius 3 is 2.11 bits per heavy atom. The monoisotopic (exact) mass is 424 g/mol. The predicted molar refractivity (Wildman–Crippen MR) is 107 cm³/mol. The summed E-state index contributed by atoms with van der Waals surface area (Å²) in [5.74, 6) is -1.01. The normalized spacial score (nSPS) is 11.8. The van der Waals surface area contributed by atoms with Crippen LogP contribution >= 0.6 is 11.6 Å². The van der Waals surface area contributed by atoms with Gasteiger partial charge in [-0.2, -0.15) is 0 Å². The first-order valence-electron chi connectivity index (χ1n) is 8.26. The molecule has 7 nitrogen and oxygen atoms in total. The summed E-state index contributed by atoms with van der Waals surface area (Å²) in [6, 6.07) is 10.1. The molecule has 0 aliphatic heterocycles. The minimum Gasteiger partial charge on any atom is -0.465 e. The lowest BCUT2D eigenvalue weighted by Crippen LogP contribution is -2.40. The van der Waals surface area contributed by atoms with Gasteiger partial charge in [0.15, 0.2) is 0 Å². The third-order valence-corrected chi connectivity index (χ3v) is 5.73. The molecule has 1 amide bonds. The highest BCUT2D eigenvalue weighted by Gasteiger charge is 2.25. The van der Waals surface area contributed by atoms with Crippen LogP contribution < -0.4 is 10.0 Å². The van der Waals surface area contributed by atoms with Gasteiger partial charge in [0.2, 0.25) is 10.0 Å². The van der Waals surface area contributed by atoms with Crippen LogP contribution in [0.3, 0.4) is 0 Å². The van der Waals surface area contributed by atoms with Crippen molar-refractivity contribution >= 4 is 39.2 Å². The second-order valence-corrected chi connectivity index (χ2v) is 9.08. The number of benzene rings is 2. The van der Waals surface area contributed by atoms with Crippen molar-refractivity contribution in [2.45, 2.75) is 31.2 Å². The van der Waals surface area contributed by atoms with Crippen molar-refractivity contribution in [3.8, 4) is 0 Å². The van der Waals surface area contributed by atoms with Crippen LogP contribution in [0.2, 0.25) is 5.02 Å². The first kappa shape index (κ1) is 21.9. The van der Waals surface area contributed by atoms with Crippen LogP contribution in [-0.4, -0.2) is 32.9 Å². The molecule has 0 fully saturated rings. The quantitative estimate of drug-likeness (QED) is 0.715. The van der Waals surface area contributed by atoms with Crippen LogP contribution in [0.15, 0.2) is 47.4 Å². The molecule has 0 saturated heterocycles. The molecule has 9 heteroatoms. The van der Waals surface area contributed by atoms with E-state index >= 15 is 0 Å². The van der Waals surface area contributed by atoms with E-state index < -0.39 is 27.4 Å². The molecule has 2 N–H and O–H groups in total. The molecule has 0 saturated carbocycles. The summed E-state index contributed by atoms with van der Waals surface area (Å²) < 4.78 is 32.2. The lowest BCUT2D eigenvalue weighted by atomic mass is 10.1. The molecule has 0 unspecified atom stereocenters. The van der Waals surface area contributed by atoms with Crippen molar-refractivity contribution < 1.29 is 22.7 Å². The fourth-order valence-corrected chi connectivity index (χ4v) is 4.26. The van der Waals surface area contributed by atoms with E-state index in [1.54, 1.807) is 32.9 Å². The van der Waals surface area contributed by atoms with Gasteiger partial charge in [-0.25, -0.2) is 17.9 Å². The number of carbonyl (C=O) groups excluding carboxylic acids is 2. The first-order chi connectivity index (χ1) is 12.9. The van der Waals surface area contributed by atoms with Crippen LogP contribution in [0.5, 0.6) is 0 Å². The lowest BCUT2D eigenvalue weighted by molar-refractivity contribution is 0.0600. The van der Waals surface area contributed by atoms with Crippen molar-refractivity contribution in [2.75, 3.05) is 12.4 Å². The van der Waals surface area contributed by atoms with Crippen molar-refractivity contribution in [2.24, 2.45) is 0 Å². The van der Waals surface area contributed by atoms with E-state index in [1.165, 1.54) is 37.4 Å². The van der Waals surface area contributed by atoms with Gasteiger partial charge in [0.05, 0.1) is 17.7 Å². The van der Waals surface area contributed by atoms with E-state index in [-0.39, 0.29) is 15.5 Å². The van der Waals surface area contributed by atoms with Gasteiger partial charge in [-0.05, 0) is 63.2 Å². The molecule has 0 atom stereocenters. The van der Waals surface area contributed by atoms with Gasteiger partial charge in [-0.1, -0.05) is 11.6 Å². The summed E-state index contributed by atoms with van der Waals surface area (Å²) in [6.45, 7) is 5.10. The van der Waals surface area contributed by atoms with Crippen molar-refractivity contribution in [1.82, 2.24) is 4.72 Å². The number of carbonyl (C=O) groups is 2. The Morgan fingerprint density at radius 2 is 1.57 bits per heavy atom. The molecular weight excluding hydrogens is 404 g/mol. The Morgan fingerprint density at radius 1 is 1.00 bits per heavy atom. The van der Waals surface area contributed by atoms with Crippen LogP contribution in [0, 0.1) is 0 Å². The van der Waals surface area contributed by atoms with Crippen molar-refractivity contribution in [3.63, 3.8) is 0 Å². The Kier molecular flexibility index (Phi) is 6.48. The molecule has 2 aromatic rings. The maximum Gasteiger partial charge on any atom is 0.337 e. The molecule has 0 radical (unpaired) electrons. The SMILES string of the molecule is COC(=O)c1ccc(NC(=O)c2ccc(Cl)c(S(=O)(=O)NC(C)(C)C)c2)cc1. The molecule has 0 aromatic heterocycles. The average molecular weight is 425 g/mol. The zero-order chi connectivity index (χ0) is 21.1. The van der Waals surface area contributed by atoms with Gasteiger partial charge >= 0.3 is 5.97 Å². The maximum atomic E-state index is 12.6. The largest absolute Gasteiger partial charge is 0.465 e. The van der Waals surface area contributed by atoms with Crippen LogP contribution in [0.1, 0.15) is 41.5 Å². The molecule has 28 heavy (non-hydrogen) atoms. The minimum absolute atomic E-state index is 0.00994. The van der Waals surface area contributed by atoms with E-state index in [0.717, 1.165) is 0 Å². The molecule has 0 aliphatic rings. The Labute approximate surface area is 169 Å². The molecule has 150 valence electrons. The number of hydrogen-bond donors (Lipinski definition) is 2. The smallest absolute Gasteiger partial charge is 0.337 e. The molecule has 2 rings (SSSR count). The number of hydrogen-bond acceptors (Lipinski definition) is 5. The van der Waals surface area contributed by atoms with E-state index in [1.807, 2.05) is 0 Å².